The highest BCUT2D eigenvalue weighted by Gasteiger charge is 2.09. The molecule has 2 nitrogen and oxygen atoms in total. The maximum absolute atomic E-state index is 13.1. The van der Waals surface area contributed by atoms with E-state index in [1.165, 1.54) is 18.2 Å². The molecule has 0 radical (unpaired) electrons. The van der Waals surface area contributed by atoms with Crippen molar-refractivity contribution in [3.05, 3.63) is 56.2 Å². The Hall–Kier alpha value is -0.970. The van der Waals surface area contributed by atoms with Gasteiger partial charge in [0.2, 0.25) is 0 Å². The average molecular weight is 365 g/mol. The fourth-order valence-corrected chi connectivity index (χ4v) is 2.50. The second kappa shape index (κ2) is 5.99. The molecule has 0 unspecified atom stereocenters. The summed E-state index contributed by atoms with van der Waals surface area (Å²) < 4.78 is 13.9. The van der Waals surface area contributed by atoms with Crippen molar-refractivity contribution in [2.45, 2.75) is 6.54 Å². The highest BCUT2D eigenvalue weighted by Crippen LogP contribution is 2.32. The van der Waals surface area contributed by atoms with E-state index in [-0.39, 0.29) is 23.1 Å². The fraction of sp³-hybridized carbons (Fsp3) is 0.0769. The summed E-state index contributed by atoms with van der Waals surface area (Å²) in [6.07, 6.45) is 0. The monoisotopic (exact) mass is 363 g/mol. The van der Waals surface area contributed by atoms with Crippen LogP contribution in [0.2, 0.25) is 10.0 Å². The molecule has 0 saturated heterocycles. The first kappa shape index (κ1) is 14.4. The summed E-state index contributed by atoms with van der Waals surface area (Å²) in [5.41, 5.74) is 1.11. The molecule has 19 heavy (non-hydrogen) atoms. The van der Waals surface area contributed by atoms with Gasteiger partial charge in [0.25, 0.3) is 0 Å². The molecular formula is C13H9BrCl2FNO. The van der Waals surface area contributed by atoms with E-state index >= 15 is 0 Å². The second-order valence-electron chi connectivity index (χ2n) is 3.87. The van der Waals surface area contributed by atoms with Crippen LogP contribution >= 0.6 is 39.1 Å². The third-order valence-electron chi connectivity index (χ3n) is 2.50. The summed E-state index contributed by atoms with van der Waals surface area (Å²) in [7, 11) is 0. The molecule has 2 N–H and O–H groups in total. The number of phenols is 1. The molecule has 0 aliphatic rings. The first-order chi connectivity index (χ1) is 8.97. The van der Waals surface area contributed by atoms with Crippen molar-refractivity contribution in [3.63, 3.8) is 0 Å². The van der Waals surface area contributed by atoms with Crippen LogP contribution in [0, 0.1) is 5.82 Å². The Morgan fingerprint density at radius 3 is 2.68 bits per heavy atom. The van der Waals surface area contributed by atoms with Crippen molar-refractivity contribution in [3.8, 4) is 5.75 Å². The van der Waals surface area contributed by atoms with E-state index in [1.807, 2.05) is 0 Å². The minimum atomic E-state index is -0.348. The molecule has 100 valence electrons. The smallest absolute Gasteiger partial charge is 0.139 e. The summed E-state index contributed by atoms with van der Waals surface area (Å²) in [6.45, 7) is 0.272. The third-order valence-corrected chi connectivity index (χ3v) is 3.70. The van der Waals surface area contributed by atoms with Crippen molar-refractivity contribution >= 4 is 44.8 Å². The maximum atomic E-state index is 13.1. The minimum absolute atomic E-state index is 0.0360. The topological polar surface area (TPSA) is 32.3 Å². The van der Waals surface area contributed by atoms with Crippen LogP contribution < -0.4 is 5.32 Å². The summed E-state index contributed by atoms with van der Waals surface area (Å²) in [5.74, 6) is -0.384. The van der Waals surface area contributed by atoms with Crippen molar-refractivity contribution in [1.82, 2.24) is 0 Å². The molecule has 0 aliphatic carbocycles. The van der Waals surface area contributed by atoms with E-state index in [0.29, 0.717) is 16.3 Å². The number of hydrogen-bond donors (Lipinski definition) is 2. The highest BCUT2D eigenvalue weighted by atomic mass is 79.9. The van der Waals surface area contributed by atoms with E-state index < -0.39 is 0 Å². The Morgan fingerprint density at radius 1 is 1.21 bits per heavy atom. The average Bonchev–Trinajstić information content (AvgIpc) is 2.35. The van der Waals surface area contributed by atoms with Crippen molar-refractivity contribution in [2.75, 3.05) is 5.32 Å². The predicted octanol–water partition coefficient (Wildman–Crippen LogP) is 5.21. The molecule has 6 heteroatoms. The van der Waals surface area contributed by atoms with Crippen LogP contribution in [-0.4, -0.2) is 5.11 Å². The Balaban J connectivity index is 2.21. The Labute approximate surface area is 128 Å². The number of benzene rings is 2. The molecule has 0 fully saturated rings. The predicted molar refractivity (Wildman–Crippen MR) is 79.6 cm³/mol. The second-order valence-corrected chi connectivity index (χ2v) is 5.57. The number of aromatic hydroxyl groups is 1. The van der Waals surface area contributed by atoms with Gasteiger partial charge in [0.05, 0.1) is 10.7 Å². The lowest BCUT2D eigenvalue weighted by Gasteiger charge is -2.11. The van der Waals surface area contributed by atoms with Gasteiger partial charge in [-0.3, -0.25) is 0 Å². The number of hydrogen-bond acceptors (Lipinski definition) is 2. The largest absolute Gasteiger partial charge is 0.506 e. The van der Waals surface area contributed by atoms with Crippen LogP contribution in [0.1, 0.15) is 5.56 Å². The lowest BCUT2D eigenvalue weighted by Crippen LogP contribution is -2.01. The Kier molecular flexibility index (Phi) is 4.55. The summed E-state index contributed by atoms with van der Waals surface area (Å²) >= 11 is 15.0. The molecule has 0 heterocycles. The van der Waals surface area contributed by atoms with Crippen molar-refractivity contribution < 1.29 is 9.50 Å². The highest BCUT2D eigenvalue weighted by molar-refractivity contribution is 9.10. The van der Waals surface area contributed by atoms with E-state index in [0.717, 1.165) is 4.47 Å². The van der Waals surface area contributed by atoms with Gasteiger partial charge < -0.3 is 10.4 Å². The lowest BCUT2D eigenvalue weighted by molar-refractivity contribution is 0.469. The summed E-state index contributed by atoms with van der Waals surface area (Å²) in [4.78, 5) is 0. The van der Waals surface area contributed by atoms with Crippen LogP contribution in [0.25, 0.3) is 0 Å². The van der Waals surface area contributed by atoms with Gasteiger partial charge in [0, 0.05) is 21.6 Å². The number of halogens is 4. The molecule has 0 spiro atoms. The summed E-state index contributed by atoms with van der Waals surface area (Å²) in [6, 6.07) is 7.36. The van der Waals surface area contributed by atoms with E-state index in [9.17, 15) is 9.50 Å². The quantitative estimate of drug-likeness (QED) is 0.783. The zero-order valence-corrected chi connectivity index (χ0v) is 12.7. The fourth-order valence-electron chi connectivity index (χ4n) is 1.58. The van der Waals surface area contributed by atoms with Crippen LogP contribution in [0.3, 0.4) is 0 Å². The van der Waals surface area contributed by atoms with Crippen LogP contribution in [-0.2, 0) is 6.54 Å². The molecule has 2 rings (SSSR count). The zero-order chi connectivity index (χ0) is 14.0. The maximum Gasteiger partial charge on any atom is 0.139 e. The molecular weight excluding hydrogens is 356 g/mol. The van der Waals surface area contributed by atoms with Gasteiger partial charge in [-0.05, 0) is 46.3 Å². The number of anilines is 1. The van der Waals surface area contributed by atoms with Crippen molar-refractivity contribution in [2.24, 2.45) is 0 Å². The lowest BCUT2D eigenvalue weighted by atomic mass is 10.2. The molecule has 2 aromatic carbocycles. The van der Waals surface area contributed by atoms with Gasteiger partial charge >= 0.3 is 0 Å². The molecule has 0 saturated carbocycles. The molecule has 0 bridgehead atoms. The number of phenolic OH excluding ortho intramolecular Hbond substituents is 1. The molecule has 2 aromatic rings. The van der Waals surface area contributed by atoms with E-state index in [2.05, 4.69) is 21.2 Å². The minimum Gasteiger partial charge on any atom is -0.506 e. The Bertz CT molecular complexity index is 622. The first-order valence-electron chi connectivity index (χ1n) is 5.33. The van der Waals surface area contributed by atoms with Crippen molar-refractivity contribution in [1.29, 1.82) is 0 Å². The van der Waals surface area contributed by atoms with Gasteiger partial charge in [-0.1, -0.05) is 23.2 Å². The van der Waals surface area contributed by atoms with Gasteiger partial charge in [0.15, 0.2) is 0 Å². The standard InChI is InChI=1S/C13H9BrCl2FNO/c14-10-2-1-9(17)5-12(10)18-6-7-3-8(15)4-11(16)13(7)19/h1-5,18-19H,6H2. The molecule has 0 amide bonds. The molecule has 0 aliphatic heterocycles. The number of rotatable bonds is 3. The van der Waals surface area contributed by atoms with Crippen LogP contribution in [0.15, 0.2) is 34.8 Å². The van der Waals surface area contributed by atoms with Crippen LogP contribution in [0.5, 0.6) is 5.75 Å². The van der Waals surface area contributed by atoms with Gasteiger partial charge in [-0.25, -0.2) is 4.39 Å². The Morgan fingerprint density at radius 2 is 1.95 bits per heavy atom. The molecule has 0 atom stereocenters. The first-order valence-corrected chi connectivity index (χ1v) is 6.88. The normalized spacial score (nSPS) is 10.5. The third kappa shape index (κ3) is 3.53. The van der Waals surface area contributed by atoms with Gasteiger partial charge in [0.1, 0.15) is 11.6 Å². The van der Waals surface area contributed by atoms with Gasteiger partial charge in [-0.15, -0.1) is 0 Å². The SMILES string of the molecule is Oc1c(Cl)cc(Cl)cc1CNc1cc(F)ccc1Br. The van der Waals surface area contributed by atoms with E-state index in [1.54, 1.807) is 12.1 Å². The van der Waals surface area contributed by atoms with E-state index in [4.69, 9.17) is 23.2 Å². The number of nitrogens with one attached hydrogen (secondary N) is 1. The zero-order valence-electron chi connectivity index (χ0n) is 9.55. The van der Waals surface area contributed by atoms with Gasteiger partial charge in [-0.2, -0.15) is 0 Å². The van der Waals surface area contributed by atoms with Crippen LogP contribution in [0.4, 0.5) is 10.1 Å². The summed E-state index contributed by atoms with van der Waals surface area (Å²) in [5, 5.41) is 13.4. The molecule has 0 aromatic heterocycles.